The van der Waals surface area contributed by atoms with Crippen molar-refractivity contribution in [1.82, 2.24) is 0 Å². The Morgan fingerprint density at radius 2 is 2.07 bits per heavy atom. The number of allylic oxidation sites excluding steroid dienone is 1. The van der Waals surface area contributed by atoms with Crippen molar-refractivity contribution >= 4 is 21.6 Å². The van der Waals surface area contributed by atoms with Gasteiger partial charge in [0.05, 0.1) is 0 Å². The Morgan fingerprint density at radius 3 is 2.57 bits per heavy atom. The molecular weight excluding hydrogens is 238 g/mol. The molecule has 0 saturated carbocycles. The van der Waals surface area contributed by atoms with Gasteiger partial charge in [-0.1, -0.05) is 28.1 Å². The molecular formula is C12H16BrN. The zero-order valence-corrected chi connectivity index (χ0v) is 10.6. The van der Waals surface area contributed by atoms with E-state index in [9.17, 15) is 0 Å². The van der Waals surface area contributed by atoms with Gasteiger partial charge in [0.2, 0.25) is 0 Å². The molecule has 0 unspecified atom stereocenters. The van der Waals surface area contributed by atoms with Crippen LogP contribution in [0.1, 0.15) is 11.1 Å². The number of anilines is 1. The standard InChI is InChI=1S/C12H16BrN/c1-5-6-10-7-8-11(13)9(2)12(10)14(3)4/h5,7-8H,1,6H2,2-4H3. The summed E-state index contributed by atoms with van der Waals surface area (Å²) in [6, 6.07) is 4.25. The zero-order valence-electron chi connectivity index (χ0n) is 8.97. The summed E-state index contributed by atoms with van der Waals surface area (Å²) >= 11 is 3.55. The molecule has 2 heteroatoms. The number of nitrogens with zero attached hydrogens (tertiary/aromatic N) is 1. The van der Waals surface area contributed by atoms with Gasteiger partial charge in [0.25, 0.3) is 0 Å². The molecule has 0 atom stereocenters. The maximum atomic E-state index is 3.78. The minimum atomic E-state index is 0.918. The molecule has 1 aromatic rings. The monoisotopic (exact) mass is 253 g/mol. The average molecular weight is 254 g/mol. The summed E-state index contributed by atoms with van der Waals surface area (Å²) in [7, 11) is 4.14. The van der Waals surface area contributed by atoms with Crippen LogP contribution in [-0.4, -0.2) is 14.1 Å². The summed E-state index contributed by atoms with van der Waals surface area (Å²) in [5.41, 5.74) is 3.90. The van der Waals surface area contributed by atoms with Gasteiger partial charge in [-0.2, -0.15) is 0 Å². The van der Waals surface area contributed by atoms with Crippen LogP contribution in [0, 0.1) is 6.92 Å². The van der Waals surface area contributed by atoms with E-state index in [2.05, 4.69) is 60.6 Å². The minimum absolute atomic E-state index is 0.918. The molecule has 0 aliphatic rings. The van der Waals surface area contributed by atoms with Crippen LogP contribution in [0.15, 0.2) is 29.3 Å². The first kappa shape index (κ1) is 11.3. The maximum absolute atomic E-state index is 3.78. The van der Waals surface area contributed by atoms with Gasteiger partial charge in [-0.25, -0.2) is 0 Å². The molecule has 0 heterocycles. The largest absolute Gasteiger partial charge is 0.377 e. The van der Waals surface area contributed by atoms with Gasteiger partial charge in [0, 0.05) is 24.3 Å². The van der Waals surface area contributed by atoms with Crippen LogP contribution in [0.3, 0.4) is 0 Å². The number of benzene rings is 1. The Balaban J connectivity index is 3.29. The second kappa shape index (κ2) is 4.65. The quantitative estimate of drug-likeness (QED) is 0.745. The van der Waals surface area contributed by atoms with Crippen LogP contribution in [0.5, 0.6) is 0 Å². The van der Waals surface area contributed by atoms with Gasteiger partial charge in [-0.15, -0.1) is 6.58 Å². The fourth-order valence-electron chi connectivity index (χ4n) is 1.67. The van der Waals surface area contributed by atoms with E-state index in [0.717, 1.165) is 10.9 Å². The van der Waals surface area contributed by atoms with Gasteiger partial charge in [-0.05, 0) is 30.5 Å². The zero-order chi connectivity index (χ0) is 10.7. The smallest absolute Gasteiger partial charge is 0.0437 e. The predicted molar refractivity (Wildman–Crippen MR) is 67.1 cm³/mol. The Morgan fingerprint density at radius 1 is 1.43 bits per heavy atom. The third kappa shape index (κ3) is 2.18. The second-order valence-electron chi connectivity index (χ2n) is 3.57. The SMILES string of the molecule is C=CCc1ccc(Br)c(C)c1N(C)C. The highest BCUT2D eigenvalue weighted by Gasteiger charge is 2.09. The highest BCUT2D eigenvalue weighted by Crippen LogP contribution is 2.30. The molecule has 0 aliphatic heterocycles. The number of halogens is 1. The Hall–Kier alpha value is -0.760. The van der Waals surface area contributed by atoms with Crippen molar-refractivity contribution in [2.75, 3.05) is 19.0 Å². The van der Waals surface area contributed by atoms with E-state index in [0.29, 0.717) is 0 Å². The second-order valence-corrected chi connectivity index (χ2v) is 4.42. The molecule has 76 valence electrons. The Labute approximate surface area is 94.6 Å². The van der Waals surface area contributed by atoms with Crippen LogP contribution in [0.25, 0.3) is 0 Å². The van der Waals surface area contributed by atoms with E-state index < -0.39 is 0 Å². The fourth-order valence-corrected chi connectivity index (χ4v) is 1.99. The van der Waals surface area contributed by atoms with Gasteiger partial charge in [0.1, 0.15) is 0 Å². The van der Waals surface area contributed by atoms with Crippen molar-refractivity contribution in [2.24, 2.45) is 0 Å². The van der Waals surface area contributed by atoms with Gasteiger partial charge < -0.3 is 4.90 Å². The van der Waals surface area contributed by atoms with Crippen LogP contribution in [0.4, 0.5) is 5.69 Å². The van der Waals surface area contributed by atoms with Crippen LogP contribution < -0.4 is 4.90 Å². The Bertz CT molecular complexity index is 342. The molecule has 1 aromatic carbocycles. The first-order chi connectivity index (χ1) is 6.57. The topological polar surface area (TPSA) is 3.24 Å². The van der Waals surface area contributed by atoms with Gasteiger partial charge in [-0.3, -0.25) is 0 Å². The molecule has 0 amide bonds. The first-order valence-corrected chi connectivity index (χ1v) is 5.43. The molecule has 0 bridgehead atoms. The van der Waals surface area contributed by atoms with Crippen LogP contribution in [0.2, 0.25) is 0 Å². The molecule has 1 rings (SSSR count). The Kier molecular flexibility index (Phi) is 3.76. The van der Waals surface area contributed by atoms with E-state index in [4.69, 9.17) is 0 Å². The van der Waals surface area contributed by atoms with E-state index in [1.165, 1.54) is 16.8 Å². The molecule has 1 nitrogen and oxygen atoms in total. The highest BCUT2D eigenvalue weighted by molar-refractivity contribution is 9.10. The summed E-state index contributed by atoms with van der Waals surface area (Å²) in [6.45, 7) is 5.91. The van der Waals surface area contributed by atoms with E-state index in [1.54, 1.807) is 0 Å². The lowest BCUT2D eigenvalue weighted by Gasteiger charge is -2.20. The fraction of sp³-hybridized carbons (Fsp3) is 0.333. The van der Waals surface area contributed by atoms with Crippen LogP contribution in [-0.2, 0) is 6.42 Å². The molecule has 0 aliphatic carbocycles. The lowest BCUT2D eigenvalue weighted by molar-refractivity contribution is 1.07. The highest BCUT2D eigenvalue weighted by atomic mass is 79.9. The number of hydrogen-bond acceptors (Lipinski definition) is 1. The van der Waals surface area contributed by atoms with Gasteiger partial charge in [0.15, 0.2) is 0 Å². The average Bonchev–Trinajstić information content (AvgIpc) is 2.11. The van der Waals surface area contributed by atoms with Crippen molar-refractivity contribution in [3.63, 3.8) is 0 Å². The van der Waals surface area contributed by atoms with Crippen molar-refractivity contribution in [3.8, 4) is 0 Å². The third-order valence-corrected chi connectivity index (χ3v) is 3.12. The predicted octanol–water partition coefficient (Wildman–Crippen LogP) is 3.55. The van der Waals surface area contributed by atoms with Crippen molar-refractivity contribution in [2.45, 2.75) is 13.3 Å². The molecule has 0 radical (unpaired) electrons. The molecule has 0 fully saturated rings. The molecule has 0 saturated heterocycles. The molecule has 0 aromatic heterocycles. The summed E-state index contributed by atoms with van der Waals surface area (Å²) in [5, 5.41) is 0. The maximum Gasteiger partial charge on any atom is 0.0437 e. The summed E-state index contributed by atoms with van der Waals surface area (Å²) in [5.74, 6) is 0. The first-order valence-electron chi connectivity index (χ1n) is 4.64. The third-order valence-electron chi connectivity index (χ3n) is 2.26. The van der Waals surface area contributed by atoms with Crippen molar-refractivity contribution in [3.05, 3.63) is 40.4 Å². The normalized spacial score (nSPS) is 10.0. The van der Waals surface area contributed by atoms with E-state index in [-0.39, 0.29) is 0 Å². The summed E-state index contributed by atoms with van der Waals surface area (Å²) in [6.07, 6.45) is 2.86. The van der Waals surface area contributed by atoms with E-state index >= 15 is 0 Å². The number of rotatable bonds is 3. The molecule has 0 N–H and O–H groups in total. The number of hydrogen-bond donors (Lipinski definition) is 0. The minimum Gasteiger partial charge on any atom is -0.377 e. The van der Waals surface area contributed by atoms with E-state index in [1.807, 2.05) is 6.08 Å². The van der Waals surface area contributed by atoms with Crippen molar-refractivity contribution < 1.29 is 0 Å². The molecule has 14 heavy (non-hydrogen) atoms. The van der Waals surface area contributed by atoms with Gasteiger partial charge >= 0.3 is 0 Å². The lowest BCUT2D eigenvalue weighted by Crippen LogP contribution is -2.13. The van der Waals surface area contributed by atoms with Crippen molar-refractivity contribution in [1.29, 1.82) is 0 Å². The molecule has 0 spiro atoms. The summed E-state index contributed by atoms with van der Waals surface area (Å²) < 4.78 is 1.16. The lowest BCUT2D eigenvalue weighted by atomic mass is 10.0. The summed E-state index contributed by atoms with van der Waals surface area (Å²) in [4.78, 5) is 2.15. The van der Waals surface area contributed by atoms with Crippen LogP contribution >= 0.6 is 15.9 Å².